The monoisotopic (exact) mass is 259 g/mol. The smallest absolute Gasteiger partial charge is 0.240 e. The van der Waals surface area contributed by atoms with Crippen molar-refractivity contribution in [3.8, 4) is 0 Å². The molecule has 4 nitrogen and oxygen atoms in total. The molecule has 1 amide bonds. The van der Waals surface area contributed by atoms with Crippen LogP contribution < -0.4 is 4.72 Å². The van der Waals surface area contributed by atoms with Crippen LogP contribution in [-0.4, -0.2) is 19.1 Å². The van der Waals surface area contributed by atoms with E-state index in [0.29, 0.717) is 25.2 Å². The summed E-state index contributed by atoms with van der Waals surface area (Å²) in [5.41, 5.74) is 0. The van der Waals surface area contributed by atoms with Crippen molar-refractivity contribution in [1.29, 1.82) is 0 Å². The molecule has 0 saturated heterocycles. The summed E-state index contributed by atoms with van der Waals surface area (Å²) < 4.78 is 25.9. The molecular formula is C12H21NO3S. The fourth-order valence-electron chi connectivity index (χ4n) is 2.58. The van der Waals surface area contributed by atoms with Crippen LogP contribution in [0.5, 0.6) is 0 Å². The molecular weight excluding hydrogens is 238 g/mol. The Morgan fingerprint density at radius 3 is 2.41 bits per heavy atom. The molecule has 5 heteroatoms. The number of amides is 1. The van der Waals surface area contributed by atoms with Crippen molar-refractivity contribution in [2.75, 3.05) is 0 Å². The first-order valence-corrected chi connectivity index (χ1v) is 8.00. The highest BCUT2D eigenvalue weighted by atomic mass is 32.2. The molecule has 2 aliphatic carbocycles. The van der Waals surface area contributed by atoms with Crippen LogP contribution in [0.15, 0.2) is 0 Å². The predicted molar refractivity (Wildman–Crippen MR) is 65.8 cm³/mol. The standard InChI is InChI=1S/C12H21NO3S/c1-3-5-12(6-7-12)17(15,16)13-11(14)10-8-9(10)4-2/h9-10H,3-8H2,1-2H3,(H,13,14)/t9-,10+/m1/s1. The summed E-state index contributed by atoms with van der Waals surface area (Å²) in [7, 11) is -3.45. The van der Waals surface area contributed by atoms with Gasteiger partial charge in [-0.2, -0.15) is 0 Å². The molecule has 0 unspecified atom stereocenters. The SMILES string of the molecule is CCCC1(S(=O)(=O)NC(=O)[C@H]2C[C@H]2CC)CC1. The lowest BCUT2D eigenvalue weighted by molar-refractivity contribution is -0.120. The Labute approximate surface area is 103 Å². The van der Waals surface area contributed by atoms with Crippen molar-refractivity contribution in [3.63, 3.8) is 0 Å². The van der Waals surface area contributed by atoms with Gasteiger partial charge in [-0.15, -0.1) is 0 Å². The fraction of sp³-hybridized carbons (Fsp3) is 0.917. The number of nitrogens with one attached hydrogen (secondary N) is 1. The summed E-state index contributed by atoms with van der Waals surface area (Å²) in [6.07, 6.45) is 4.71. The third-order valence-electron chi connectivity index (χ3n) is 4.10. The van der Waals surface area contributed by atoms with Crippen LogP contribution in [-0.2, 0) is 14.8 Å². The predicted octanol–water partition coefficient (Wildman–Crippen LogP) is 1.81. The van der Waals surface area contributed by atoms with Gasteiger partial charge >= 0.3 is 0 Å². The minimum absolute atomic E-state index is 0.0628. The molecule has 1 N–H and O–H groups in total. The van der Waals surface area contributed by atoms with Crippen molar-refractivity contribution < 1.29 is 13.2 Å². The maximum atomic E-state index is 12.1. The molecule has 2 fully saturated rings. The number of rotatable bonds is 6. The average molecular weight is 259 g/mol. The molecule has 2 atom stereocenters. The summed E-state index contributed by atoms with van der Waals surface area (Å²) in [4.78, 5) is 11.8. The second-order valence-electron chi connectivity index (χ2n) is 5.41. The van der Waals surface area contributed by atoms with Crippen LogP contribution >= 0.6 is 0 Å². The molecule has 0 radical (unpaired) electrons. The minimum Gasteiger partial charge on any atom is -0.274 e. The number of sulfonamides is 1. The number of hydrogen-bond acceptors (Lipinski definition) is 3. The van der Waals surface area contributed by atoms with Crippen LogP contribution in [0.1, 0.15) is 52.4 Å². The highest BCUT2D eigenvalue weighted by molar-refractivity contribution is 7.91. The van der Waals surface area contributed by atoms with Gasteiger partial charge in [-0.1, -0.05) is 26.7 Å². The lowest BCUT2D eigenvalue weighted by Crippen LogP contribution is -2.40. The Balaban J connectivity index is 1.96. The molecule has 2 rings (SSSR count). The zero-order valence-electron chi connectivity index (χ0n) is 10.5. The molecule has 0 spiro atoms. The van der Waals surface area contributed by atoms with Gasteiger partial charge in [0.05, 0.1) is 4.75 Å². The molecule has 0 heterocycles. The minimum atomic E-state index is -3.45. The van der Waals surface area contributed by atoms with E-state index in [1.165, 1.54) is 0 Å². The van der Waals surface area contributed by atoms with E-state index >= 15 is 0 Å². The lowest BCUT2D eigenvalue weighted by atomic mass is 10.2. The molecule has 0 bridgehead atoms. The normalized spacial score (nSPS) is 29.8. The van der Waals surface area contributed by atoms with Crippen LogP contribution in [0.3, 0.4) is 0 Å². The Kier molecular flexibility index (Phi) is 3.23. The van der Waals surface area contributed by atoms with Gasteiger partial charge in [0, 0.05) is 5.92 Å². The van der Waals surface area contributed by atoms with Crippen molar-refractivity contribution in [3.05, 3.63) is 0 Å². The average Bonchev–Trinajstić information content (AvgIpc) is 3.12. The Morgan fingerprint density at radius 2 is 2.00 bits per heavy atom. The molecule has 0 aromatic carbocycles. The maximum absolute atomic E-state index is 12.1. The fourth-order valence-corrected chi connectivity index (χ4v) is 4.33. The first-order chi connectivity index (χ1) is 7.96. The van der Waals surface area contributed by atoms with E-state index in [2.05, 4.69) is 4.72 Å². The quantitative estimate of drug-likeness (QED) is 0.791. The van der Waals surface area contributed by atoms with Crippen LogP contribution in [0.25, 0.3) is 0 Å². The Morgan fingerprint density at radius 1 is 1.35 bits per heavy atom. The zero-order chi connectivity index (χ0) is 12.7. The second-order valence-corrected chi connectivity index (χ2v) is 7.49. The highest BCUT2D eigenvalue weighted by Gasteiger charge is 2.55. The van der Waals surface area contributed by atoms with Gasteiger partial charge < -0.3 is 0 Å². The van der Waals surface area contributed by atoms with E-state index in [0.717, 1.165) is 19.3 Å². The van der Waals surface area contributed by atoms with Gasteiger partial charge in [0.1, 0.15) is 0 Å². The molecule has 17 heavy (non-hydrogen) atoms. The third-order valence-corrected chi connectivity index (χ3v) is 6.32. The van der Waals surface area contributed by atoms with E-state index in [1.807, 2.05) is 13.8 Å². The van der Waals surface area contributed by atoms with Gasteiger partial charge in [0.25, 0.3) is 0 Å². The summed E-state index contributed by atoms with van der Waals surface area (Å²) in [5.74, 6) is 0.0537. The van der Waals surface area contributed by atoms with E-state index in [-0.39, 0.29) is 11.8 Å². The van der Waals surface area contributed by atoms with Crippen LogP contribution in [0, 0.1) is 11.8 Å². The molecule has 0 aromatic rings. The van der Waals surface area contributed by atoms with Gasteiger partial charge in [-0.25, -0.2) is 8.42 Å². The number of carbonyl (C=O) groups is 1. The van der Waals surface area contributed by atoms with Gasteiger partial charge in [-0.3, -0.25) is 9.52 Å². The summed E-state index contributed by atoms with van der Waals surface area (Å²) in [5, 5.41) is 0. The van der Waals surface area contributed by atoms with E-state index < -0.39 is 14.8 Å². The largest absolute Gasteiger partial charge is 0.274 e. The lowest BCUT2D eigenvalue weighted by Gasteiger charge is -2.16. The van der Waals surface area contributed by atoms with E-state index in [1.54, 1.807) is 0 Å². The second kappa shape index (κ2) is 4.26. The molecule has 2 aliphatic rings. The molecule has 2 saturated carbocycles. The van der Waals surface area contributed by atoms with Crippen molar-refractivity contribution >= 4 is 15.9 Å². The molecule has 0 aromatic heterocycles. The van der Waals surface area contributed by atoms with Crippen molar-refractivity contribution in [1.82, 2.24) is 4.72 Å². The van der Waals surface area contributed by atoms with Crippen LogP contribution in [0.4, 0.5) is 0 Å². The highest BCUT2D eigenvalue weighted by Crippen LogP contribution is 2.47. The zero-order valence-corrected chi connectivity index (χ0v) is 11.3. The summed E-state index contributed by atoms with van der Waals surface area (Å²) in [6.45, 7) is 4.01. The topological polar surface area (TPSA) is 63.2 Å². The van der Waals surface area contributed by atoms with Gasteiger partial charge in [0.15, 0.2) is 0 Å². The summed E-state index contributed by atoms with van der Waals surface area (Å²) >= 11 is 0. The summed E-state index contributed by atoms with van der Waals surface area (Å²) in [6, 6.07) is 0. The Hall–Kier alpha value is -0.580. The first-order valence-electron chi connectivity index (χ1n) is 6.52. The number of hydrogen-bond donors (Lipinski definition) is 1. The maximum Gasteiger partial charge on any atom is 0.240 e. The molecule has 98 valence electrons. The first kappa shape index (κ1) is 12.9. The van der Waals surface area contributed by atoms with Crippen molar-refractivity contribution in [2.45, 2.75) is 57.1 Å². The van der Waals surface area contributed by atoms with Gasteiger partial charge in [-0.05, 0) is 31.6 Å². The third kappa shape index (κ3) is 2.34. The van der Waals surface area contributed by atoms with E-state index in [4.69, 9.17) is 0 Å². The Bertz CT molecular complexity index is 411. The molecule has 0 aliphatic heterocycles. The van der Waals surface area contributed by atoms with Crippen molar-refractivity contribution in [2.24, 2.45) is 11.8 Å². The van der Waals surface area contributed by atoms with E-state index in [9.17, 15) is 13.2 Å². The number of carbonyl (C=O) groups excluding carboxylic acids is 1. The van der Waals surface area contributed by atoms with Gasteiger partial charge in [0.2, 0.25) is 15.9 Å². The van der Waals surface area contributed by atoms with Crippen LogP contribution in [0.2, 0.25) is 0 Å².